The number of nitrogens with zero attached hydrogens (tertiary/aromatic N) is 5. The van der Waals surface area contributed by atoms with Crippen molar-refractivity contribution < 1.29 is 9.53 Å². The highest BCUT2D eigenvalue weighted by atomic mass is 16.5. The number of hydrogen-bond acceptors (Lipinski definition) is 6. The van der Waals surface area contributed by atoms with E-state index in [0.717, 1.165) is 30.2 Å². The van der Waals surface area contributed by atoms with Gasteiger partial charge in [0, 0.05) is 24.2 Å². The van der Waals surface area contributed by atoms with Gasteiger partial charge < -0.3 is 9.64 Å². The minimum atomic E-state index is -0.444. The summed E-state index contributed by atoms with van der Waals surface area (Å²) >= 11 is 0. The molecule has 0 unspecified atom stereocenters. The lowest BCUT2D eigenvalue weighted by molar-refractivity contribution is 0.0519. The van der Waals surface area contributed by atoms with Gasteiger partial charge in [-0.25, -0.2) is 14.5 Å². The molecule has 1 aliphatic heterocycles. The Labute approximate surface area is 140 Å². The molecule has 1 saturated heterocycles. The lowest BCUT2D eigenvalue weighted by Crippen LogP contribution is -2.48. The van der Waals surface area contributed by atoms with Crippen LogP contribution in [0.5, 0.6) is 0 Å². The highest BCUT2D eigenvalue weighted by Gasteiger charge is 2.52. The highest BCUT2D eigenvalue weighted by molar-refractivity contribution is 5.86. The second-order valence-electron chi connectivity index (χ2n) is 6.79. The molecule has 0 radical (unpaired) electrons. The first-order valence-corrected chi connectivity index (χ1v) is 8.37. The summed E-state index contributed by atoms with van der Waals surface area (Å²) in [4.78, 5) is 18.7. The maximum absolute atomic E-state index is 11.6. The Morgan fingerprint density at radius 3 is 2.79 bits per heavy atom. The molecule has 0 atom stereocenters. The van der Waals surface area contributed by atoms with Crippen molar-refractivity contribution in [1.82, 2.24) is 20.0 Å². The van der Waals surface area contributed by atoms with Gasteiger partial charge in [-0.2, -0.15) is 0 Å². The molecule has 24 heavy (non-hydrogen) atoms. The SMILES string of the molecule is CCOC(=O)c1cn(Cc2ccc(N3CC4(CC4)C3)nc2C)nn1. The standard InChI is InChI=1S/C17H21N5O2/c1-3-24-16(23)14-9-22(20-19-14)8-13-4-5-15(18-12(13)2)21-10-17(11-21)6-7-17/h4-5,9H,3,6-8,10-11H2,1-2H3. The molecular weight excluding hydrogens is 306 g/mol. The van der Waals surface area contributed by atoms with E-state index in [1.54, 1.807) is 17.8 Å². The number of esters is 1. The molecule has 2 aromatic rings. The van der Waals surface area contributed by atoms with Crippen molar-refractivity contribution in [3.05, 3.63) is 35.3 Å². The van der Waals surface area contributed by atoms with Crippen molar-refractivity contribution >= 4 is 11.8 Å². The minimum Gasteiger partial charge on any atom is -0.461 e. The summed E-state index contributed by atoms with van der Waals surface area (Å²) in [7, 11) is 0. The van der Waals surface area contributed by atoms with E-state index in [9.17, 15) is 4.79 Å². The molecule has 2 fully saturated rings. The number of anilines is 1. The van der Waals surface area contributed by atoms with Gasteiger partial charge in [-0.05, 0) is 38.3 Å². The monoisotopic (exact) mass is 327 g/mol. The first-order valence-electron chi connectivity index (χ1n) is 8.37. The van der Waals surface area contributed by atoms with Crippen LogP contribution in [0.1, 0.15) is 41.5 Å². The van der Waals surface area contributed by atoms with Crippen molar-refractivity contribution in [2.24, 2.45) is 5.41 Å². The van der Waals surface area contributed by atoms with Gasteiger partial charge in [-0.3, -0.25) is 0 Å². The molecule has 1 spiro atoms. The number of carbonyl (C=O) groups excluding carboxylic acids is 1. The molecule has 3 heterocycles. The van der Waals surface area contributed by atoms with E-state index < -0.39 is 5.97 Å². The van der Waals surface area contributed by atoms with E-state index in [4.69, 9.17) is 9.72 Å². The third-order valence-corrected chi connectivity index (χ3v) is 4.87. The van der Waals surface area contributed by atoms with Gasteiger partial charge in [0.05, 0.1) is 19.3 Å². The third-order valence-electron chi connectivity index (χ3n) is 4.87. The number of aromatic nitrogens is 4. The molecule has 7 heteroatoms. The summed E-state index contributed by atoms with van der Waals surface area (Å²) in [5.41, 5.74) is 2.91. The second kappa shape index (κ2) is 5.58. The average molecular weight is 327 g/mol. The van der Waals surface area contributed by atoms with Gasteiger partial charge >= 0.3 is 5.97 Å². The summed E-state index contributed by atoms with van der Waals surface area (Å²) in [5.74, 6) is 0.611. The van der Waals surface area contributed by atoms with E-state index in [2.05, 4.69) is 27.3 Å². The summed E-state index contributed by atoms with van der Waals surface area (Å²) in [5, 5.41) is 7.86. The van der Waals surface area contributed by atoms with Crippen LogP contribution < -0.4 is 4.90 Å². The minimum absolute atomic E-state index is 0.231. The number of rotatable bonds is 5. The number of pyridine rings is 1. The van der Waals surface area contributed by atoms with Gasteiger partial charge in [-0.15, -0.1) is 5.10 Å². The first-order chi connectivity index (χ1) is 11.6. The van der Waals surface area contributed by atoms with Crippen LogP contribution in [0, 0.1) is 12.3 Å². The van der Waals surface area contributed by atoms with Gasteiger partial charge in [0.2, 0.25) is 0 Å². The molecule has 2 aromatic heterocycles. The Morgan fingerprint density at radius 2 is 2.12 bits per heavy atom. The molecule has 0 N–H and O–H groups in total. The van der Waals surface area contributed by atoms with Crippen molar-refractivity contribution in [3.8, 4) is 0 Å². The van der Waals surface area contributed by atoms with Crippen LogP contribution in [0.4, 0.5) is 5.82 Å². The smallest absolute Gasteiger partial charge is 0.360 e. The van der Waals surface area contributed by atoms with E-state index in [0.29, 0.717) is 18.6 Å². The molecule has 7 nitrogen and oxygen atoms in total. The van der Waals surface area contributed by atoms with Crippen molar-refractivity contribution in [2.75, 3.05) is 24.6 Å². The Morgan fingerprint density at radius 1 is 1.33 bits per heavy atom. The van der Waals surface area contributed by atoms with E-state index in [1.807, 2.05) is 6.92 Å². The molecule has 1 saturated carbocycles. The maximum atomic E-state index is 11.6. The van der Waals surface area contributed by atoms with Gasteiger partial charge in [0.15, 0.2) is 5.69 Å². The van der Waals surface area contributed by atoms with Gasteiger partial charge in [0.1, 0.15) is 5.82 Å². The number of carbonyl (C=O) groups is 1. The van der Waals surface area contributed by atoms with Crippen LogP contribution in [0.25, 0.3) is 0 Å². The van der Waals surface area contributed by atoms with E-state index in [1.165, 1.54) is 12.8 Å². The van der Waals surface area contributed by atoms with Crippen LogP contribution in [0.3, 0.4) is 0 Å². The van der Waals surface area contributed by atoms with Crippen molar-refractivity contribution in [3.63, 3.8) is 0 Å². The van der Waals surface area contributed by atoms with Crippen LogP contribution in [-0.4, -0.2) is 45.6 Å². The van der Waals surface area contributed by atoms with E-state index in [-0.39, 0.29) is 5.69 Å². The predicted molar refractivity (Wildman–Crippen MR) is 87.9 cm³/mol. The number of hydrogen-bond donors (Lipinski definition) is 0. The largest absolute Gasteiger partial charge is 0.461 e. The molecule has 126 valence electrons. The molecule has 0 amide bonds. The van der Waals surface area contributed by atoms with Crippen molar-refractivity contribution in [2.45, 2.75) is 33.2 Å². The molecule has 0 bridgehead atoms. The average Bonchev–Trinajstić information content (AvgIpc) is 3.20. The second-order valence-corrected chi connectivity index (χ2v) is 6.79. The molecule has 4 rings (SSSR count). The van der Waals surface area contributed by atoms with Crippen LogP contribution in [-0.2, 0) is 11.3 Å². The van der Waals surface area contributed by atoms with Crippen LogP contribution >= 0.6 is 0 Å². The third kappa shape index (κ3) is 2.74. The Kier molecular flexibility index (Phi) is 3.51. The van der Waals surface area contributed by atoms with Crippen molar-refractivity contribution in [1.29, 1.82) is 0 Å². The van der Waals surface area contributed by atoms with E-state index >= 15 is 0 Å². The molecular formula is C17H21N5O2. The molecule has 1 aliphatic carbocycles. The maximum Gasteiger partial charge on any atom is 0.360 e. The summed E-state index contributed by atoms with van der Waals surface area (Å²) in [6.07, 6.45) is 4.35. The summed E-state index contributed by atoms with van der Waals surface area (Å²) < 4.78 is 6.56. The normalized spacial score (nSPS) is 17.7. The van der Waals surface area contributed by atoms with Gasteiger partial charge in [0.25, 0.3) is 0 Å². The highest BCUT2D eigenvalue weighted by Crippen LogP contribution is 2.53. The predicted octanol–water partition coefficient (Wildman–Crippen LogP) is 1.81. The molecule has 2 aliphatic rings. The number of aryl methyl sites for hydroxylation is 1. The van der Waals surface area contributed by atoms with Crippen LogP contribution in [0.15, 0.2) is 18.3 Å². The van der Waals surface area contributed by atoms with Crippen LogP contribution in [0.2, 0.25) is 0 Å². The Balaban J connectivity index is 1.44. The first kappa shape index (κ1) is 15.1. The lowest BCUT2D eigenvalue weighted by Gasteiger charge is -2.41. The van der Waals surface area contributed by atoms with Gasteiger partial charge in [-0.1, -0.05) is 11.3 Å². The fraction of sp³-hybridized carbons (Fsp3) is 0.529. The quantitative estimate of drug-likeness (QED) is 0.780. The zero-order valence-electron chi connectivity index (χ0n) is 14.0. The topological polar surface area (TPSA) is 73.1 Å². The summed E-state index contributed by atoms with van der Waals surface area (Å²) in [6.45, 7) is 6.93. The summed E-state index contributed by atoms with van der Waals surface area (Å²) in [6, 6.07) is 4.15. The molecule has 0 aromatic carbocycles. The Hall–Kier alpha value is -2.44. The zero-order chi connectivity index (χ0) is 16.7. The fourth-order valence-electron chi connectivity index (χ4n) is 3.19. The Bertz CT molecular complexity index is 773. The fourth-order valence-corrected chi connectivity index (χ4v) is 3.19. The number of ether oxygens (including phenoxy) is 1. The lowest BCUT2D eigenvalue weighted by atomic mass is 9.97. The zero-order valence-corrected chi connectivity index (χ0v) is 14.0.